The van der Waals surface area contributed by atoms with Gasteiger partial charge in [0.2, 0.25) is 0 Å². The minimum atomic E-state index is -1.44. The second-order valence-electron chi connectivity index (χ2n) is 19.8. The van der Waals surface area contributed by atoms with Gasteiger partial charge in [0.15, 0.2) is 11.9 Å². The van der Waals surface area contributed by atoms with Gasteiger partial charge in [0.05, 0.1) is 47.4 Å². The molecule has 3 fully saturated rings. The molecular weight excluding hydrogens is 869 g/mol. The molecular formula is C53H74N4O11. The molecule has 0 bridgehead atoms. The van der Waals surface area contributed by atoms with Gasteiger partial charge in [-0.15, -0.1) is 6.58 Å². The number of likely N-dealkylation sites (N-methyl/N-ethyl adjacent to an activating group) is 1. The molecule has 1 N–H and O–H groups in total. The van der Waals surface area contributed by atoms with Crippen LogP contribution in [0.25, 0.3) is 10.9 Å². The van der Waals surface area contributed by atoms with E-state index in [1.165, 1.54) is 7.11 Å². The van der Waals surface area contributed by atoms with Gasteiger partial charge in [-0.2, -0.15) is 0 Å². The van der Waals surface area contributed by atoms with Gasteiger partial charge in [0.1, 0.15) is 24.1 Å². The van der Waals surface area contributed by atoms with Crippen molar-refractivity contribution in [1.82, 2.24) is 19.8 Å². The monoisotopic (exact) mass is 943 g/mol. The molecule has 0 saturated carbocycles. The number of ketones is 1. The summed E-state index contributed by atoms with van der Waals surface area (Å²) >= 11 is 0. The van der Waals surface area contributed by atoms with E-state index in [1.807, 2.05) is 70.8 Å². The maximum Gasteiger partial charge on any atom is 0.410 e. The molecule has 6 rings (SSSR count). The van der Waals surface area contributed by atoms with Crippen molar-refractivity contribution in [3.63, 3.8) is 0 Å². The zero-order valence-electron chi connectivity index (χ0n) is 41.7. The molecule has 3 aliphatic rings. The number of aliphatic hydroxyl groups excluding tert-OH is 1. The van der Waals surface area contributed by atoms with Crippen LogP contribution in [0.5, 0.6) is 0 Å². The molecule has 3 aromatic rings. The molecule has 3 aliphatic heterocycles. The molecule has 0 radical (unpaired) electrons. The molecule has 372 valence electrons. The van der Waals surface area contributed by atoms with Crippen molar-refractivity contribution < 1.29 is 52.7 Å². The number of rotatable bonds is 15. The number of hydrogen-bond donors (Lipinski definition) is 1. The molecule has 0 spiro atoms. The number of hydrogen-bond acceptors (Lipinski definition) is 14. The van der Waals surface area contributed by atoms with Crippen LogP contribution in [0.1, 0.15) is 98.8 Å². The summed E-state index contributed by atoms with van der Waals surface area (Å²) in [5.74, 6) is -4.87. The molecule has 15 nitrogen and oxygen atoms in total. The Morgan fingerprint density at radius 3 is 2.43 bits per heavy atom. The van der Waals surface area contributed by atoms with Crippen LogP contribution in [0.3, 0.4) is 0 Å². The number of ether oxygens (including phenoxy) is 6. The highest BCUT2D eigenvalue weighted by atomic mass is 16.7. The Hall–Kier alpha value is -4.80. The largest absolute Gasteiger partial charge is 0.461 e. The summed E-state index contributed by atoms with van der Waals surface area (Å²) < 4.78 is 38.8. The number of pyridine rings is 2. The molecule has 3 saturated heterocycles. The molecule has 0 unspecified atom stereocenters. The van der Waals surface area contributed by atoms with Gasteiger partial charge in [-0.25, -0.2) is 4.79 Å². The number of aliphatic hydroxyl groups is 1. The van der Waals surface area contributed by atoms with Crippen molar-refractivity contribution >= 4 is 34.7 Å². The van der Waals surface area contributed by atoms with Crippen molar-refractivity contribution in [3.8, 4) is 0 Å². The van der Waals surface area contributed by atoms with Crippen LogP contribution in [0, 0.1) is 23.7 Å². The summed E-state index contributed by atoms with van der Waals surface area (Å²) in [4.78, 5) is 70.5. The molecule has 1 aromatic carbocycles. The molecule has 0 aliphatic carbocycles. The zero-order chi connectivity index (χ0) is 49.5. The number of amides is 1. The third kappa shape index (κ3) is 11.4. The fourth-order valence-corrected chi connectivity index (χ4v) is 11.1. The zero-order valence-corrected chi connectivity index (χ0v) is 41.7. The number of fused-ring (bicyclic) bond motifs is 2. The van der Waals surface area contributed by atoms with Crippen molar-refractivity contribution in [1.29, 1.82) is 0 Å². The Balaban J connectivity index is 1.37. The summed E-state index contributed by atoms with van der Waals surface area (Å²) in [6, 6.07) is 14.1. The average Bonchev–Trinajstić information content (AvgIpc) is 3.58. The maximum absolute atomic E-state index is 15.1. The van der Waals surface area contributed by atoms with E-state index in [2.05, 4.69) is 22.6 Å². The van der Waals surface area contributed by atoms with E-state index in [1.54, 1.807) is 62.3 Å². The van der Waals surface area contributed by atoms with Crippen LogP contribution in [0.2, 0.25) is 0 Å². The van der Waals surface area contributed by atoms with Crippen LogP contribution in [0.15, 0.2) is 73.6 Å². The van der Waals surface area contributed by atoms with Gasteiger partial charge in [-0.3, -0.25) is 29.3 Å². The third-order valence-corrected chi connectivity index (χ3v) is 14.8. The van der Waals surface area contributed by atoms with Crippen molar-refractivity contribution in [3.05, 3.63) is 84.8 Å². The number of aromatic nitrogens is 2. The van der Waals surface area contributed by atoms with E-state index in [-0.39, 0.29) is 37.2 Å². The average molecular weight is 943 g/mol. The standard InChI is InChI=1S/C53H74N4O11/c1-12-27-56(10)40-29-33(4)64-50(45(40)60)67-48-35(6)46(66-42(58)30-39-24-14-16-25-54-39)36(7)49(61)65-41(13-2)53(9)47(34(5)44(59)32(3)31-52(48,8)63-11)57(51(62)68-53)28-17-15-20-37-21-18-22-38-23-19-26-55-43(37)38/h12,14,16,18-19,21-26,32-36,40-41,45-48,50,60H,1,13,15,17,20,27-31H2,2-11H3/t32-,33+,34+,35+,36-,40-,41-,45+,46+,47-,48-,50-,52-,53-/m1/s1. The fraction of sp³-hybridized carbons (Fsp3) is 0.623. The SMILES string of the molecule is C=CCN(C)[C@@H]1C[C@H](C)O[C@H](O[C@@H]2[C@@H](C)[C@H](OC(=O)Cc3ccccn3)[C@@H](C)C(=O)O[C@H](CC)[C@@]3(C)OC(=O)N(CCCCc4cccc5cccnc45)[C@@H]3[C@@H](C)C(=O)[C@H](C)C[C@@]2(C)OC)[C@H]1O. The summed E-state index contributed by atoms with van der Waals surface area (Å²) in [5.41, 5.74) is -0.225. The second kappa shape index (κ2) is 22.7. The van der Waals surface area contributed by atoms with E-state index in [4.69, 9.17) is 28.4 Å². The maximum atomic E-state index is 15.1. The Morgan fingerprint density at radius 2 is 1.74 bits per heavy atom. The highest BCUT2D eigenvalue weighted by Crippen LogP contribution is 2.44. The molecule has 1 amide bonds. The normalized spacial score (nSPS) is 33.9. The number of Topliss-reactive ketones (excluding diaryl/α,β-unsaturated/α-hetero) is 1. The molecule has 2 aromatic heterocycles. The summed E-state index contributed by atoms with van der Waals surface area (Å²) in [7, 11) is 3.42. The summed E-state index contributed by atoms with van der Waals surface area (Å²) in [5, 5.41) is 13.0. The van der Waals surface area contributed by atoms with Gasteiger partial charge in [-0.1, -0.05) is 64.1 Å². The molecule has 15 heteroatoms. The van der Waals surface area contributed by atoms with Crippen molar-refractivity contribution in [2.45, 2.75) is 160 Å². The van der Waals surface area contributed by atoms with Crippen LogP contribution in [0.4, 0.5) is 4.79 Å². The van der Waals surface area contributed by atoms with Crippen LogP contribution < -0.4 is 0 Å². The van der Waals surface area contributed by atoms with E-state index >= 15 is 4.79 Å². The minimum absolute atomic E-state index is 0.113. The fourth-order valence-electron chi connectivity index (χ4n) is 11.1. The molecule has 5 heterocycles. The topological polar surface area (TPSA) is 176 Å². The lowest BCUT2D eigenvalue weighted by atomic mass is 9.73. The van der Waals surface area contributed by atoms with Gasteiger partial charge in [0, 0.05) is 61.8 Å². The highest BCUT2D eigenvalue weighted by molar-refractivity contribution is 5.85. The lowest BCUT2D eigenvalue weighted by Crippen LogP contribution is -2.61. The highest BCUT2D eigenvalue weighted by Gasteiger charge is 2.60. The first-order chi connectivity index (χ1) is 32.4. The van der Waals surface area contributed by atoms with E-state index in [0.717, 1.165) is 29.3 Å². The number of benzene rings is 1. The Morgan fingerprint density at radius 1 is 1.00 bits per heavy atom. The third-order valence-electron chi connectivity index (χ3n) is 14.8. The number of aryl methyl sites for hydroxylation is 1. The molecule has 14 atom stereocenters. The Kier molecular flexibility index (Phi) is 17.6. The lowest BCUT2D eigenvalue weighted by Gasteiger charge is -2.48. The van der Waals surface area contributed by atoms with Crippen LogP contribution >= 0.6 is 0 Å². The van der Waals surface area contributed by atoms with E-state index in [9.17, 15) is 19.5 Å². The predicted molar refractivity (Wildman–Crippen MR) is 256 cm³/mol. The number of para-hydroxylation sites is 1. The number of unbranched alkanes of at least 4 members (excludes halogenated alkanes) is 1. The van der Waals surface area contributed by atoms with Gasteiger partial charge in [-0.05, 0) is 97.0 Å². The smallest absolute Gasteiger partial charge is 0.410 e. The second-order valence-corrected chi connectivity index (χ2v) is 19.8. The number of carbonyl (C=O) groups is 4. The number of carbonyl (C=O) groups excluding carboxylic acids is 4. The van der Waals surface area contributed by atoms with E-state index < -0.39 is 89.7 Å². The van der Waals surface area contributed by atoms with Crippen LogP contribution in [-0.4, -0.2) is 136 Å². The number of cyclic esters (lactones) is 1. The first-order valence-electron chi connectivity index (χ1n) is 24.4. The number of methoxy groups -OCH3 is 1. The first kappa shape index (κ1) is 52.6. The minimum Gasteiger partial charge on any atom is -0.461 e. The quantitative estimate of drug-likeness (QED) is 0.0695. The van der Waals surface area contributed by atoms with Crippen molar-refractivity contribution in [2.75, 3.05) is 27.2 Å². The van der Waals surface area contributed by atoms with E-state index in [0.29, 0.717) is 31.6 Å². The lowest BCUT2D eigenvalue weighted by molar-refractivity contribution is -0.302. The Labute approximate surface area is 402 Å². The molecule has 68 heavy (non-hydrogen) atoms. The van der Waals surface area contributed by atoms with Gasteiger partial charge < -0.3 is 38.4 Å². The summed E-state index contributed by atoms with van der Waals surface area (Å²) in [6.07, 6.45) is 1.49. The van der Waals surface area contributed by atoms with Crippen LogP contribution in [-0.2, 0) is 55.6 Å². The predicted octanol–water partition coefficient (Wildman–Crippen LogP) is 7.30. The number of esters is 2. The van der Waals surface area contributed by atoms with Crippen molar-refractivity contribution in [2.24, 2.45) is 23.7 Å². The number of nitrogens with zero attached hydrogens (tertiary/aromatic N) is 4. The first-order valence-corrected chi connectivity index (χ1v) is 24.4. The summed E-state index contributed by atoms with van der Waals surface area (Å²) in [6.45, 7) is 19.1. The Bertz CT molecular complexity index is 2210. The van der Waals surface area contributed by atoms with Gasteiger partial charge in [0.25, 0.3) is 0 Å². The van der Waals surface area contributed by atoms with Gasteiger partial charge >= 0.3 is 18.0 Å².